The molecule has 6 nitrogen and oxygen atoms in total. The van der Waals surface area contributed by atoms with Gasteiger partial charge in [0.05, 0.1) is 5.25 Å². The zero-order chi connectivity index (χ0) is 24.1. The molecule has 170 valence electrons. The van der Waals surface area contributed by atoms with Gasteiger partial charge in [0.1, 0.15) is 16.7 Å². The van der Waals surface area contributed by atoms with E-state index in [0.717, 1.165) is 10.4 Å². The third kappa shape index (κ3) is 5.07. The Labute approximate surface area is 210 Å². The first-order chi connectivity index (χ1) is 16.5. The minimum Gasteiger partial charge on any atom is -0.297 e. The number of hydrogen-bond acceptors (Lipinski definition) is 6. The number of thiazole rings is 1. The van der Waals surface area contributed by atoms with Crippen LogP contribution in [0, 0.1) is 11.3 Å². The zero-order valence-corrected chi connectivity index (χ0v) is 20.3. The summed E-state index contributed by atoms with van der Waals surface area (Å²) in [5.74, 6) is -0.806. The molecule has 2 aromatic carbocycles. The Morgan fingerprint density at radius 2 is 1.97 bits per heavy atom. The Hall–Kier alpha value is -3.38. The van der Waals surface area contributed by atoms with Crippen LogP contribution in [0.2, 0.25) is 5.02 Å². The Bertz CT molecular complexity index is 1310. The lowest BCUT2D eigenvalue weighted by molar-refractivity contribution is -0.117. The molecule has 2 heterocycles. The molecule has 0 radical (unpaired) electrons. The summed E-state index contributed by atoms with van der Waals surface area (Å²) in [6, 6.07) is 18.5. The fraction of sp³-hybridized carbons (Fsp3) is 0.120. The second kappa shape index (κ2) is 10.7. The number of amides is 2. The highest BCUT2D eigenvalue weighted by atomic mass is 35.5. The molecule has 3 aromatic rings. The van der Waals surface area contributed by atoms with Gasteiger partial charge in [-0.25, -0.2) is 4.98 Å². The van der Waals surface area contributed by atoms with Crippen LogP contribution in [-0.2, 0) is 16.0 Å². The van der Waals surface area contributed by atoms with Crippen LogP contribution in [0.25, 0.3) is 0 Å². The molecule has 4 rings (SSSR count). The van der Waals surface area contributed by atoms with Crippen molar-refractivity contribution in [3.05, 3.63) is 99.5 Å². The molecule has 0 spiro atoms. The fourth-order valence-corrected chi connectivity index (χ4v) is 5.70. The number of para-hydroxylation sites is 1. The smallest absolute Gasteiger partial charge is 0.270 e. The first-order valence-corrected chi connectivity index (χ1v) is 12.4. The zero-order valence-electron chi connectivity index (χ0n) is 17.9. The number of hydrogen-bond donors (Lipinski definition) is 1. The lowest BCUT2D eigenvalue weighted by Crippen LogP contribution is -2.29. The van der Waals surface area contributed by atoms with Crippen LogP contribution in [-0.4, -0.2) is 22.0 Å². The highest BCUT2D eigenvalue weighted by molar-refractivity contribution is 8.05. The maximum absolute atomic E-state index is 13.1. The van der Waals surface area contributed by atoms with Crippen molar-refractivity contribution in [2.75, 3.05) is 10.2 Å². The number of anilines is 2. The molecule has 0 saturated carbocycles. The van der Waals surface area contributed by atoms with Crippen molar-refractivity contribution >= 4 is 57.3 Å². The van der Waals surface area contributed by atoms with Crippen LogP contribution in [0.5, 0.6) is 0 Å². The summed E-state index contributed by atoms with van der Waals surface area (Å²) in [4.78, 5) is 32.8. The van der Waals surface area contributed by atoms with E-state index in [1.54, 1.807) is 36.5 Å². The summed E-state index contributed by atoms with van der Waals surface area (Å²) in [5.41, 5.74) is 1.41. The molecule has 1 aliphatic heterocycles. The summed E-state index contributed by atoms with van der Waals surface area (Å²) in [6.45, 7) is 3.72. The summed E-state index contributed by atoms with van der Waals surface area (Å²) in [5, 5.41) is 13.4. The highest BCUT2D eigenvalue weighted by Crippen LogP contribution is 2.42. The van der Waals surface area contributed by atoms with Crippen molar-refractivity contribution in [1.29, 1.82) is 5.26 Å². The maximum Gasteiger partial charge on any atom is 0.270 e. The minimum absolute atomic E-state index is 0.142. The van der Waals surface area contributed by atoms with Gasteiger partial charge in [0.2, 0.25) is 5.91 Å². The quantitative estimate of drug-likeness (QED) is 0.249. The van der Waals surface area contributed by atoms with E-state index in [1.165, 1.54) is 28.0 Å². The normalized spacial score (nSPS) is 16.8. The van der Waals surface area contributed by atoms with Crippen molar-refractivity contribution < 1.29 is 9.59 Å². The average molecular weight is 507 g/mol. The van der Waals surface area contributed by atoms with Gasteiger partial charge in [-0.1, -0.05) is 65.8 Å². The number of rotatable bonds is 7. The number of carbonyl (C=O) groups excluding carboxylic acids is 2. The van der Waals surface area contributed by atoms with E-state index in [9.17, 15) is 14.9 Å². The molecule has 1 N–H and O–H groups in total. The van der Waals surface area contributed by atoms with Crippen molar-refractivity contribution in [3.63, 3.8) is 0 Å². The second-order valence-electron chi connectivity index (χ2n) is 7.29. The van der Waals surface area contributed by atoms with E-state index in [1.807, 2.05) is 36.4 Å². The Balaban J connectivity index is 1.60. The number of thioether (sulfide) groups is 1. The van der Waals surface area contributed by atoms with Crippen LogP contribution < -0.4 is 10.2 Å². The number of nitriles is 1. The van der Waals surface area contributed by atoms with Gasteiger partial charge < -0.3 is 0 Å². The summed E-state index contributed by atoms with van der Waals surface area (Å²) in [6.07, 6.45) is 4.33. The van der Waals surface area contributed by atoms with E-state index >= 15 is 0 Å². The number of aromatic nitrogens is 1. The van der Waals surface area contributed by atoms with E-state index in [4.69, 9.17) is 11.6 Å². The second-order valence-corrected chi connectivity index (χ2v) is 10.00. The van der Waals surface area contributed by atoms with Crippen LogP contribution >= 0.6 is 34.7 Å². The number of nitrogens with zero attached hydrogens (tertiary/aromatic N) is 3. The van der Waals surface area contributed by atoms with Gasteiger partial charge in [-0.15, -0.1) is 17.9 Å². The van der Waals surface area contributed by atoms with Gasteiger partial charge in [-0.05, 0) is 30.2 Å². The number of halogens is 1. The van der Waals surface area contributed by atoms with E-state index < -0.39 is 11.2 Å². The number of benzene rings is 2. The molecule has 1 atom stereocenters. The molecule has 1 fully saturated rings. The van der Waals surface area contributed by atoms with E-state index in [0.29, 0.717) is 33.7 Å². The molecule has 1 aromatic heterocycles. The minimum atomic E-state index is -0.614. The third-order valence-corrected chi connectivity index (χ3v) is 7.57. The van der Waals surface area contributed by atoms with Gasteiger partial charge in [-0.3, -0.25) is 19.8 Å². The lowest BCUT2D eigenvalue weighted by Gasteiger charge is -2.18. The molecule has 0 unspecified atom stereocenters. The first kappa shape index (κ1) is 23.8. The third-order valence-electron chi connectivity index (χ3n) is 5.00. The van der Waals surface area contributed by atoms with E-state index in [2.05, 4.69) is 16.9 Å². The Kier molecular flexibility index (Phi) is 7.48. The number of allylic oxidation sites excluding steroid dienone is 1. The fourth-order valence-electron chi connectivity index (χ4n) is 3.41. The molecule has 9 heteroatoms. The SMILES string of the molecule is C=CC[C@@H]1S/C(=C(/C#N)C(=O)Nc2ncc(Cc3ccccc3Cl)s2)N(c2ccccc2)C1=O. The molecule has 0 bridgehead atoms. The summed E-state index contributed by atoms with van der Waals surface area (Å²) >= 11 is 8.74. The van der Waals surface area contributed by atoms with Crippen molar-refractivity contribution in [1.82, 2.24) is 4.98 Å². The Morgan fingerprint density at radius 1 is 1.24 bits per heavy atom. The largest absolute Gasteiger partial charge is 0.297 e. The topological polar surface area (TPSA) is 86.1 Å². The lowest BCUT2D eigenvalue weighted by atomic mass is 10.1. The molecule has 0 aliphatic carbocycles. The molecule has 34 heavy (non-hydrogen) atoms. The molecule has 1 saturated heterocycles. The monoisotopic (exact) mass is 506 g/mol. The molecular weight excluding hydrogens is 488 g/mol. The van der Waals surface area contributed by atoms with Crippen molar-refractivity contribution in [2.45, 2.75) is 18.1 Å². The average Bonchev–Trinajstić information content (AvgIpc) is 3.40. The summed E-state index contributed by atoms with van der Waals surface area (Å²) in [7, 11) is 0. The van der Waals surface area contributed by atoms with Crippen LogP contribution in [0.15, 0.2) is 84.1 Å². The predicted octanol–water partition coefficient (Wildman–Crippen LogP) is 5.79. The standard InChI is InChI=1S/C25H19ClN4O2S2/c1-2-8-21-23(32)30(17-10-4-3-5-11-17)24(34-21)19(14-27)22(31)29-25-28-15-18(33-25)13-16-9-6-7-12-20(16)26/h2-7,9-12,15,21H,1,8,13H2,(H,28,29,31)/b24-19-/t21-/m0/s1. The van der Waals surface area contributed by atoms with Crippen LogP contribution in [0.3, 0.4) is 0 Å². The maximum atomic E-state index is 13.1. The van der Waals surface area contributed by atoms with Gasteiger partial charge in [0, 0.05) is 28.2 Å². The van der Waals surface area contributed by atoms with Crippen molar-refractivity contribution in [3.8, 4) is 6.07 Å². The molecule has 2 amide bonds. The van der Waals surface area contributed by atoms with Crippen molar-refractivity contribution in [2.24, 2.45) is 0 Å². The van der Waals surface area contributed by atoms with Crippen LogP contribution in [0.4, 0.5) is 10.8 Å². The highest BCUT2D eigenvalue weighted by Gasteiger charge is 2.40. The predicted molar refractivity (Wildman–Crippen MR) is 138 cm³/mol. The molecular formula is C25H19ClN4O2S2. The Morgan fingerprint density at radius 3 is 2.68 bits per heavy atom. The van der Waals surface area contributed by atoms with Crippen LogP contribution in [0.1, 0.15) is 16.9 Å². The van der Waals surface area contributed by atoms with E-state index in [-0.39, 0.29) is 11.5 Å². The summed E-state index contributed by atoms with van der Waals surface area (Å²) < 4.78 is 0. The van der Waals surface area contributed by atoms with Gasteiger partial charge in [0.15, 0.2) is 5.13 Å². The van der Waals surface area contributed by atoms with Gasteiger partial charge in [0.25, 0.3) is 5.91 Å². The van der Waals surface area contributed by atoms with Gasteiger partial charge >= 0.3 is 0 Å². The number of nitrogens with one attached hydrogen (secondary N) is 1. The molecule has 1 aliphatic rings. The van der Waals surface area contributed by atoms with Gasteiger partial charge in [-0.2, -0.15) is 5.26 Å². The number of carbonyl (C=O) groups is 2. The first-order valence-electron chi connectivity index (χ1n) is 10.3.